The van der Waals surface area contributed by atoms with Crippen molar-refractivity contribution in [3.63, 3.8) is 0 Å². The second-order valence-electron chi connectivity index (χ2n) is 4.81. The highest BCUT2D eigenvalue weighted by atomic mass is 32.1. The largest absolute Gasteiger partial charge is 0.486 e. The molecule has 0 atom stereocenters. The number of anilines is 1. The Bertz CT molecular complexity index is 845. The summed E-state index contributed by atoms with van der Waals surface area (Å²) in [6.07, 6.45) is 0. The lowest BCUT2D eigenvalue weighted by Gasteiger charge is -2.07. The highest BCUT2D eigenvalue weighted by Crippen LogP contribution is 2.18. The SMILES string of the molecule is CCn1nnnc1COc1cccc(C(=O)Nc2nnc(C)s2)c1. The van der Waals surface area contributed by atoms with Crippen LogP contribution in [-0.4, -0.2) is 36.3 Å². The third-order valence-corrected chi connectivity index (χ3v) is 3.87. The lowest BCUT2D eigenvalue weighted by Crippen LogP contribution is -2.12. The first-order chi connectivity index (χ1) is 11.7. The highest BCUT2D eigenvalue weighted by Gasteiger charge is 2.11. The maximum Gasteiger partial charge on any atom is 0.257 e. The van der Waals surface area contributed by atoms with Gasteiger partial charge in [-0.3, -0.25) is 10.1 Å². The van der Waals surface area contributed by atoms with Crippen molar-refractivity contribution >= 4 is 22.4 Å². The van der Waals surface area contributed by atoms with Crippen LogP contribution >= 0.6 is 11.3 Å². The second-order valence-corrected chi connectivity index (χ2v) is 5.99. The van der Waals surface area contributed by atoms with Gasteiger partial charge in [0.15, 0.2) is 5.82 Å². The molecule has 24 heavy (non-hydrogen) atoms. The summed E-state index contributed by atoms with van der Waals surface area (Å²) >= 11 is 1.32. The summed E-state index contributed by atoms with van der Waals surface area (Å²) in [4.78, 5) is 12.2. The third kappa shape index (κ3) is 3.71. The van der Waals surface area contributed by atoms with Crippen LogP contribution in [0.1, 0.15) is 28.1 Å². The number of tetrazole rings is 1. The first-order valence-corrected chi connectivity index (χ1v) is 8.06. The van der Waals surface area contributed by atoms with E-state index in [9.17, 15) is 4.79 Å². The van der Waals surface area contributed by atoms with Crippen molar-refractivity contribution < 1.29 is 9.53 Å². The highest BCUT2D eigenvalue weighted by molar-refractivity contribution is 7.15. The molecule has 1 amide bonds. The van der Waals surface area contributed by atoms with Gasteiger partial charge in [-0.05, 0) is 42.5 Å². The molecule has 124 valence electrons. The Labute approximate surface area is 141 Å². The number of carbonyl (C=O) groups excluding carboxylic acids is 1. The van der Waals surface area contributed by atoms with Crippen LogP contribution in [0.2, 0.25) is 0 Å². The van der Waals surface area contributed by atoms with Gasteiger partial charge in [-0.15, -0.1) is 15.3 Å². The van der Waals surface area contributed by atoms with E-state index in [0.717, 1.165) is 5.01 Å². The summed E-state index contributed by atoms with van der Waals surface area (Å²) in [7, 11) is 0. The summed E-state index contributed by atoms with van der Waals surface area (Å²) in [6, 6.07) is 6.87. The molecule has 0 saturated heterocycles. The van der Waals surface area contributed by atoms with E-state index in [1.165, 1.54) is 11.3 Å². The molecule has 0 spiro atoms. The summed E-state index contributed by atoms with van der Waals surface area (Å²) in [6.45, 7) is 4.66. The van der Waals surface area contributed by atoms with Gasteiger partial charge in [0.2, 0.25) is 5.13 Å². The fraction of sp³-hybridized carbons (Fsp3) is 0.286. The van der Waals surface area contributed by atoms with Crippen molar-refractivity contribution in [2.75, 3.05) is 5.32 Å². The van der Waals surface area contributed by atoms with Crippen molar-refractivity contribution in [2.45, 2.75) is 27.0 Å². The Morgan fingerprint density at radius 2 is 2.21 bits per heavy atom. The fourth-order valence-corrected chi connectivity index (χ4v) is 2.55. The van der Waals surface area contributed by atoms with Crippen molar-refractivity contribution in [1.82, 2.24) is 30.4 Å². The topological polar surface area (TPSA) is 108 Å². The van der Waals surface area contributed by atoms with Crippen molar-refractivity contribution in [3.05, 3.63) is 40.7 Å². The molecule has 0 aliphatic heterocycles. The molecule has 0 fully saturated rings. The number of carbonyl (C=O) groups is 1. The molecule has 3 aromatic rings. The average molecular weight is 345 g/mol. The van der Waals surface area contributed by atoms with Gasteiger partial charge < -0.3 is 4.74 Å². The number of hydrogen-bond acceptors (Lipinski definition) is 8. The van der Waals surface area contributed by atoms with E-state index < -0.39 is 0 Å². The maximum atomic E-state index is 12.2. The zero-order valence-corrected chi connectivity index (χ0v) is 13.9. The lowest BCUT2D eigenvalue weighted by atomic mass is 10.2. The van der Waals surface area contributed by atoms with Gasteiger partial charge in [0.05, 0.1) is 0 Å². The Hall–Kier alpha value is -2.88. The fourth-order valence-electron chi connectivity index (χ4n) is 1.96. The zero-order chi connectivity index (χ0) is 16.9. The molecule has 0 aliphatic carbocycles. The Kier molecular flexibility index (Phi) is 4.75. The van der Waals surface area contributed by atoms with Crippen LogP contribution in [0.25, 0.3) is 0 Å². The summed E-state index contributed by atoms with van der Waals surface area (Å²) in [5.41, 5.74) is 0.468. The van der Waals surface area contributed by atoms with Gasteiger partial charge in [0.25, 0.3) is 5.91 Å². The van der Waals surface area contributed by atoms with E-state index in [1.54, 1.807) is 28.9 Å². The molecule has 10 heteroatoms. The summed E-state index contributed by atoms with van der Waals surface area (Å²) in [5.74, 6) is 0.911. The molecule has 2 heterocycles. The van der Waals surface area contributed by atoms with Crippen LogP contribution in [-0.2, 0) is 13.2 Å². The van der Waals surface area contributed by atoms with E-state index in [0.29, 0.717) is 28.8 Å². The van der Waals surface area contributed by atoms with Crippen molar-refractivity contribution in [2.24, 2.45) is 0 Å². The standard InChI is InChI=1S/C14H15N7O2S/c1-3-21-12(17-19-20-21)8-23-11-6-4-5-10(7-11)13(22)15-14-18-16-9(2)24-14/h4-7H,3,8H2,1-2H3,(H,15,18,22). The molecule has 2 aromatic heterocycles. The number of aryl methyl sites for hydroxylation is 2. The molecule has 1 aromatic carbocycles. The Morgan fingerprint density at radius 3 is 2.96 bits per heavy atom. The number of benzene rings is 1. The van der Waals surface area contributed by atoms with Gasteiger partial charge in [-0.25, -0.2) is 4.68 Å². The number of nitrogens with zero attached hydrogens (tertiary/aromatic N) is 6. The van der Waals surface area contributed by atoms with Crippen LogP contribution in [0.5, 0.6) is 5.75 Å². The number of amides is 1. The number of ether oxygens (including phenoxy) is 1. The second kappa shape index (κ2) is 7.13. The van der Waals surface area contributed by atoms with Crippen LogP contribution in [0.4, 0.5) is 5.13 Å². The van der Waals surface area contributed by atoms with Crippen LogP contribution in [0, 0.1) is 6.92 Å². The van der Waals surface area contributed by atoms with E-state index in [4.69, 9.17) is 4.74 Å². The van der Waals surface area contributed by atoms with Gasteiger partial charge >= 0.3 is 0 Å². The molecule has 0 radical (unpaired) electrons. The normalized spacial score (nSPS) is 10.6. The molecule has 0 saturated carbocycles. The molecule has 0 unspecified atom stereocenters. The summed E-state index contributed by atoms with van der Waals surface area (Å²) < 4.78 is 7.32. The Balaban J connectivity index is 1.66. The molecule has 0 aliphatic rings. The minimum absolute atomic E-state index is 0.224. The smallest absolute Gasteiger partial charge is 0.257 e. The molecular weight excluding hydrogens is 330 g/mol. The van der Waals surface area contributed by atoms with E-state index in [1.807, 2.05) is 13.8 Å². The van der Waals surface area contributed by atoms with Gasteiger partial charge in [0.1, 0.15) is 17.4 Å². The van der Waals surface area contributed by atoms with E-state index in [2.05, 4.69) is 31.0 Å². The number of rotatable bonds is 6. The number of hydrogen-bond donors (Lipinski definition) is 1. The van der Waals surface area contributed by atoms with E-state index >= 15 is 0 Å². The molecule has 9 nitrogen and oxygen atoms in total. The third-order valence-electron chi connectivity index (χ3n) is 3.12. The van der Waals surface area contributed by atoms with Crippen LogP contribution in [0.15, 0.2) is 24.3 Å². The number of aromatic nitrogens is 6. The summed E-state index contributed by atoms with van der Waals surface area (Å²) in [5, 5.41) is 23.0. The van der Waals surface area contributed by atoms with Crippen LogP contribution in [0.3, 0.4) is 0 Å². The monoisotopic (exact) mass is 345 g/mol. The zero-order valence-electron chi connectivity index (χ0n) is 13.1. The minimum atomic E-state index is -0.269. The molecule has 1 N–H and O–H groups in total. The molecular formula is C14H15N7O2S. The predicted molar refractivity (Wildman–Crippen MR) is 86.9 cm³/mol. The van der Waals surface area contributed by atoms with E-state index in [-0.39, 0.29) is 12.5 Å². The maximum absolute atomic E-state index is 12.2. The quantitative estimate of drug-likeness (QED) is 0.724. The lowest BCUT2D eigenvalue weighted by molar-refractivity contribution is 0.102. The van der Waals surface area contributed by atoms with Gasteiger partial charge in [0, 0.05) is 12.1 Å². The first-order valence-electron chi connectivity index (χ1n) is 7.25. The minimum Gasteiger partial charge on any atom is -0.486 e. The van der Waals surface area contributed by atoms with Crippen LogP contribution < -0.4 is 10.1 Å². The van der Waals surface area contributed by atoms with Crippen molar-refractivity contribution in [1.29, 1.82) is 0 Å². The first kappa shape index (κ1) is 16.0. The van der Waals surface area contributed by atoms with Gasteiger partial charge in [-0.2, -0.15) is 0 Å². The average Bonchev–Trinajstić information content (AvgIpc) is 3.21. The van der Waals surface area contributed by atoms with Gasteiger partial charge in [-0.1, -0.05) is 17.4 Å². The predicted octanol–water partition coefficient (Wildman–Crippen LogP) is 1.68. The molecule has 0 bridgehead atoms. The molecule has 3 rings (SSSR count). The Morgan fingerprint density at radius 1 is 1.33 bits per heavy atom. The van der Waals surface area contributed by atoms with Crippen molar-refractivity contribution in [3.8, 4) is 5.75 Å². The number of nitrogens with one attached hydrogen (secondary N) is 1.